The second-order valence-corrected chi connectivity index (χ2v) is 5.14. The van der Waals surface area contributed by atoms with Gasteiger partial charge < -0.3 is 16.2 Å². The molecule has 1 heterocycles. The smallest absolute Gasteiger partial charge is 0.222 e. The second-order valence-electron chi connectivity index (χ2n) is 5.14. The van der Waals surface area contributed by atoms with Crippen LogP contribution in [0.1, 0.15) is 31.4 Å². The minimum Gasteiger partial charge on any atom is -0.382 e. The van der Waals surface area contributed by atoms with E-state index in [1.54, 1.807) is 12.1 Å². The average molecular weight is 315 g/mol. The maximum Gasteiger partial charge on any atom is 0.222 e. The molecule has 4 N–H and O–H groups in total. The van der Waals surface area contributed by atoms with E-state index in [2.05, 4.69) is 9.97 Å². The molecule has 120 valence electrons. The van der Waals surface area contributed by atoms with E-state index in [-0.39, 0.29) is 35.7 Å². The molecule has 6 nitrogen and oxygen atoms in total. The van der Waals surface area contributed by atoms with Crippen molar-refractivity contribution in [1.29, 1.82) is 5.26 Å². The fourth-order valence-corrected chi connectivity index (χ4v) is 1.98. The highest BCUT2D eigenvalue weighted by molar-refractivity contribution is 5.73. The number of nitrogens with two attached hydrogens (primary N) is 2. The first-order valence-corrected chi connectivity index (χ1v) is 7.19. The standard InChI is InChI=1S/C16H18FN5O/c1-3-9(2)23-8-11-5-4-10(6-13(11)17)14-12(7-18)15(19)22-16(20)21-14/h4-6,9H,3,8H2,1-2H3,(H4,19,20,21,22). The van der Waals surface area contributed by atoms with Gasteiger partial charge in [-0.2, -0.15) is 10.2 Å². The Bertz CT molecular complexity index is 757. The summed E-state index contributed by atoms with van der Waals surface area (Å²) in [4.78, 5) is 7.74. The van der Waals surface area contributed by atoms with Gasteiger partial charge in [-0.05, 0) is 19.4 Å². The number of nitriles is 1. The summed E-state index contributed by atoms with van der Waals surface area (Å²) >= 11 is 0. The van der Waals surface area contributed by atoms with E-state index in [4.69, 9.17) is 16.2 Å². The molecule has 0 amide bonds. The Labute approximate surface area is 133 Å². The quantitative estimate of drug-likeness (QED) is 0.877. The average Bonchev–Trinajstić information content (AvgIpc) is 2.52. The van der Waals surface area contributed by atoms with Gasteiger partial charge in [0.2, 0.25) is 5.95 Å². The van der Waals surface area contributed by atoms with Crippen molar-refractivity contribution < 1.29 is 9.13 Å². The number of nitrogen functional groups attached to an aromatic ring is 2. The molecule has 1 atom stereocenters. The molecule has 7 heteroatoms. The molecule has 0 bridgehead atoms. The molecule has 2 aromatic rings. The van der Waals surface area contributed by atoms with Crippen LogP contribution in [-0.4, -0.2) is 16.1 Å². The minimum atomic E-state index is -0.439. The number of ether oxygens (including phenoxy) is 1. The van der Waals surface area contributed by atoms with Gasteiger partial charge in [0.25, 0.3) is 0 Å². The maximum atomic E-state index is 14.3. The van der Waals surface area contributed by atoms with Crippen molar-refractivity contribution in [2.45, 2.75) is 33.0 Å². The van der Waals surface area contributed by atoms with Crippen LogP contribution in [0.5, 0.6) is 0 Å². The zero-order chi connectivity index (χ0) is 17.0. The Morgan fingerprint density at radius 1 is 1.35 bits per heavy atom. The van der Waals surface area contributed by atoms with E-state index >= 15 is 0 Å². The van der Waals surface area contributed by atoms with Gasteiger partial charge in [-0.3, -0.25) is 0 Å². The first kappa shape index (κ1) is 16.6. The van der Waals surface area contributed by atoms with Crippen LogP contribution in [0.25, 0.3) is 11.3 Å². The predicted molar refractivity (Wildman–Crippen MR) is 85.5 cm³/mol. The number of halogens is 1. The number of benzene rings is 1. The van der Waals surface area contributed by atoms with Crippen molar-refractivity contribution in [2.24, 2.45) is 0 Å². The molecular weight excluding hydrogens is 297 g/mol. The van der Waals surface area contributed by atoms with Crippen molar-refractivity contribution in [3.8, 4) is 17.3 Å². The van der Waals surface area contributed by atoms with E-state index in [9.17, 15) is 9.65 Å². The van der Waals surface area contributed by atoms with Gasteiger partial charge in [-0.15, -0.1) is 0 Å². The summed E-state index contributed by atoms with van der Waals surface area (Å²) < 4.78 is 19.8. The van der Waals surface area contributed by atoms with Gasteiger partial charge >= 0.3 is 0 Å². The molecule has 0 saturated carbocycles. The molecule has 2 rings (SSSR count). The molecule has 0 aliphatic rings. The molecule has 0 spiro atoms. The van der Waals surface area contributed by atoms with Crippen LogP contribution in [0.4, 0.5) is 16.2 Å². The Hall–Kier alpha value is -2.72. The summed E-state index contributed by atoms with van der Waals surface area (Å²) in [7, 11) is 0. The molecule has 1 unspecified atom stereocenters. The summed E-state index contributed by atoms with van der Waals surface area (Å²) in [6.45, 7) is 4.11. The maximum absolute atomic E-state index is 14.3. The van der Waals surface area contributed by atoms with Gasteiger partial charge in [0.15, 0.2) is 0 Å². The predicted octanol–water partition coefficient (Wildman–Crippen LogP) is 2.63. The summed E-state index contributed by atoms with van der Waals surface area (Å²) in [5.41, 5.74) is 12.4. The van der Waals surface area contributed by atoms with Crippen LogP contribution < -0.4 is 11.5 Å². The summed E-state index contributed by atoms with van der Waals surface area (Å²) in [6.07, 6.45) is 0.908. The van der Waals surface area contributed by atoms with Crippen molar-refractivity contribution in [1.82, 2.24) is 9.97 Å². The number of aromatic nitrogens is 2. The first-order valence-electron chi connectivity index (χ1n) is 7.19. The summed E-state index contributed by atoms with van der Waals surface area (Å²) in [5, 5.41) is 9.18. The lowest BCUT2D eigenvalue weighted by atomic mass is 10.0. The topological polar surface area (TPSA) is 111 Å². The Morgan fingerprint density at radius 3 is 2.70 bits per heavy atom. The lowest BCUT2D eigenvalue weighted by Crippen LogP contribution is -2.07. The lowest BCUT2D eigenvalue weighted by Gasteiger charge is -2.12. The zero-order valence-electron chi connectivity index (χ0n) is 13.0. The van der Waals surface area contributed by atoms with E-state index in [0.717, 1.165) is 6.42 Å². The normalized spacial score (nSPS) is 11.9. The van der Waals surface area contributed by atoms with Crippen LogP contribution in [0.2, 0.25) is 0 Å². The van der Waals surface area contributed by atoms with Gasteiger partial charge in [-0.1, -0.05) is 19.1 Å². The molecule has 0 radical (unpaired) electrons. The fourth-order valence-electron chi connectivity index (χ4n) is 1.98. The number of hydrogen-bond acceptors (Lipinski definition) is 6. The first-order chi connectivity index (χ1) is 11.0. The highest BCUT2D eigenvalue weighted by Crippen LogP contribution is 2.27. The van der Waals surface area contributed by atoms with Gasteiger partial charge in [0, 0.05) is 11.1 Å². The summed E-state index contributed by atoms with van der Waals surface area (Å²) in [6, 6.07) is 6.46. The SMILES string of the molecule is CCC(C)OCc1ccc(-c2nc(N)nc(N)c2C#N)cc1F. The molecule has 1 aromatic heterocycles. The number of hydrogen-bond donors (Lipinski definition) is 2. The van der Waals surface area contributed by atoms with E-state index < -0.39 is 5.82 Å². The molecular formula is C16H18FN5O. The molecule has 1 aromatic carbocycles. The third kappa shape index (κ3) is 3.73. The van der Waals surface area contributed by atoms with Crippen LogP contribution >= 0.6 is 0 Å². The molecule has 23 heavy (non-hydrogen) atoms. The van der Waals surface area contributed by atoms with Crippen LogP contribution in [0, 0.1) is 17.1 Å². The van der Waals surface area contributed by atoms with Crippen molar-refractivity contribution in [2.75, 3.05) is 11.5 Å². The summed E-state index contributed by atoms with van der Waals surface area (Å²) in [5.74, 6) is -0.536. The van der Waals surface area contributed by atoms with Crippen molar-refractivity contribution in [3.05, 3.63) is 35.1 Å². The number of rotatable bonds is 5. The third-order valence-corrected chi connectivity index (χ3v) is 3.49. The Kier molecular flexibility index (Phi) is 5.09. The van der Waals surface area contributed by atoms with E-state index in [1.807, 2.05) is 19.9 Å². The minimum absolute atomic E-state index is 0.0282. The van der Waals surface area contributed by atoms with Gasteiger partial charge in [0.05, 0.1) is 18.4 Å². The molecule has 0 saturated heterocycles. The van der Waals surface area contributed by atoms with Gasteiger partial charge in [-0.25, -0.2) is 9.37 Å². The third-order valence-electron chi connectivity index (χ3n) is 3.49. The number of nitrogens with zero attached hydrogens (tertiary/aromatic N) is 3. The Morgan fingerprint density at radius 2 is 2.09 bits per heavy atom. The van der Waals surface area contributed by atoms with Crippen LogP contribution in [-0.2, 0) is 11.3 Å². The van der Waals surface area contributed by atoms with E-state index in [0.29, 0.717) is 11.1 Å². The van der Waals surface area contributed by atoms with E-state index in [1.165, 1.54) is 6.07 Å². The van der Waals surface area contributed by atoms with Crippen molar-refractivity contribution >= 4 is 11.8 Å². The molecule has 0 fully saturated rings. The van der Waals surface area contributed by atoms with Crippen LogP contribution in [0.15, 0.2) is 18.2 Å². The highest BCUT2D eigenvalue weighted by atomic mass is 19.1. The highest BCUT2D eigenvalue weighted by Gasteiger charge is 2.15. The molecule has 0 aliphatic heterocycles. The Balaban J connectivity index is 2.36. The van der Waals surface area contributed by atoms with Crippen LogP contribution in [0.3, 0.4) is 0 Å². The second kappa shape index (κ2) is 7.03. The van der Waals surface area contributed by atoms with Gasteiger partial charge in [0.1, 0.15) is 23.3 Å². The lowest BCUT2D eigenvalue weighted by molar-refractivity contribution is 0.0492. The fraction of sp³-hybridized carbons (Fsp3) is 0.312. The monoisotopic (exact) mass is 315 g/mol. The number of anilines is 2. The molecule has 0 aliphatic carbocycles. The largest absolute Gasteiger partial charge is 0.382 e. The van der Waals surface area contributed by atoms with Crippen molar-refractivity contribution in [3.63, 3.8) is 0 Å². The zero-order valence-corrected chi connectivity index (χ0v) is 13.0.